The van der Waals surface area contributed by atoms with E-state index < -0.39 is 22.0 Å². The molecule has 0 bridgehead atoms. The molecule has 0 fully saturated rings. The number of ether oxygens (including phenoxy) is 2. The van der Waals surface area contributed by atoms with E-state index in [0.717, 1.165) is 0 Å². The number of aromatic nitrogens is 2. The molecule has 2 rings (SSSR count). The van der Waals surface area contributed by atoms with Gasteiger partial charge in [0.1, 0.15) is 11.8 Å². The van der Waals surface area contributed by atoms with E-state index in [0.29, 0.717) is 11.6 Å². The van der Waals surface area contributed by atoms with Crippen LogP contribution in [0.4, 0.5) is 0 Å². The van der Waals surface area contributed by atoms with Crippen molar-refractivity contribution in [2.75, 3.05) is 7.11 Å². The van der Waals surface area contributed by atoms with Crippen LogP contribution in [0.25, 0.3) is 0 Å². The van der Waals surface area contributed by atoms with Crippen molar-refractivity contribution in [1.29, 1.82) is 0 Å². The molecule has 0 saturated heterocycles. The van der Waals surface area contributed by atoms with Crippen LogP contribution in [0.5, 0.6) is 5.75 Å². The van der Waals surface area contributed by atoms with Gasteiger partial charge in [0.25, 0.3) is 5.89 Å². The number of nitrogens with one attached hydrogen (secondary N) is 1. The Morgan fingerprint density at radius 3 is 2.50 bits per heavy atom. The van der Waals surface area contributed by atoms with E-state index in [1.807, 2.05) is 0 Å². The molecule has 130 valence electrons. The second-order valence-electron chi connectivity index (χ2n) is 4.84. The zero-order valence-corrected chi connectivity index (χ0v) is 14.2. The van der Waals surface area contributed by atoms with Crippen molar-refractivity contribution in [2.24, 2.45) is 0 Å². The highest BCUT2D eigenvalue weighted by Crippen LogP contribution is 2.15. The summed E-state index contributed by atoms with van der Waals surface area (Å²) in [6.45, 7) is 2.75. The smallest absolute Gasteiger partial charge is 0.324 e. The Kier molecular flexibility index (Phi) is 5.52. The molecular weight excluding hydrogens is 338 g/mol. The minimum absolute atomic E-state index is 0.00970. The summed E-state index contributed by atoms with van der Waals surface area (Å²) < 4.78 is 41.7. The zero-order valence-electron chi connectivity index (χ0n) is 13.3. The van der Waals surface area contributed by atoms with Gasteiger partial charge in [-0.15, -0.1) is 10.2 Å². The number of hydrogen-bond donors (Lipinski definition) is 1. The number of esters is 1. The Bertz CT molecular complexity index is 800. The second kappa shape index (κ2) is 7.41. The average molecular weight is 355 g/mol. The fourth-order valence-corrected chi connectivity index (χ4v) is 2.95. The van der Waals surface area contributed by atoms with E-state index in [4.69, 9.17) is 13.9 Å². The van der Waals surface area contributed by atoms with Crippen molar-refractivity contribution < 1.29 is 27.1 Å². The molecule has 0 aliphatic rings. The van der Waals surface area contributed by atoms with Crippen LogP contribution in [0.1, 0.15) is 18.7 Å². The highest BCUT2D eigenvalue weighted by molar-refractivity contribution is 7.89. The average Bonchev–Trinajstić information content (AvgIpc) is 2.97. The first-order valence-electron chi connectivity index (χ1n) is 6.94. The van der Waals surface area contributed by atoms with Crippen LogP contribution in [0.15, 0.2) is 33.6 Å². The van der Waals surface area contributed by atoms with Crippen molar-refractivity contribution in [3.63, 3.8) is 0 Å². The van der Waals surface area contributed by atoms with Crippen molar-refractivity contribution in [3.05, 3.63) is 36.0 Å². The van der Waals surface area contributed by atoms with Gasteiger partial charge in [0, 0.05) is 6.92 Å². The molecule has 24 heavy (non-hydrogen) atoms. The molecule has 10 heteroatoms. The Balaban J connectivity index is 1.95. The van der Waals surface area contributed by atoms with Crippen LogP contribution in [0, 0.1) is 6.92 Å². The van der Waals surface area contributed by atoms with Crippen LogP contribution in [0.2, 0.25) is 0 Å². The Morgan fingerprint density at radius 2 is 1.96 bits per heavy atom. The molecule has 1 aromatic heterocycles. The van der Waals surface area contributed by atoms with Crippen molar-refractivity contribution >= 4 is 16.0 Å². The highest BCUT2D eigenvalue weighted by Gasteiger charge is 2.23. The molecular formula is C14H17N3O6S. The molecule has 0 radical (unpaired) electrons. The fraction of sp³-hybridized carbons (Fsp3) is 0.357. The van der Waals surface area contributed by atoms with Gasteiger partial charge in [0.05, 0.1) is 12.0 Å². The second-order valence-corrected chi connectivity index (χ2v) is 6.56. The summed E-state index contributed by atoms with van der Waals surface area (Å²) >= 11 is 0. The lowest BCUT2D eigenvalue weighted by molar-refractivity contribution is -0.147. The van der Waals surface area contributed by atoms with Crippen molar-refractivity contribution in [2.45, 2.75) is 31.4 Å². The molecule has 1 N–H and O–H groups in total. The van der Waals surface area contributed by atoms with Crippen LogP contribution in [-0.2, 0) is 26.2 Å². The van der Waals surface area contributed by atoms with Gasteiger partial charge in [-0.2, -0.15) is 4.72 Å². The Labute approximate surface area is 139 Å². The fourth-order valence-electron chi connectivity index (χ4n) is 1.76. The molecule has 0 spiro atoms. The van der Waals surface area contributed by atoms with E-state index in [9.17, 15) is 13.2 Å². The minimum Gasteiger partial charge on any atom is -0.497 e. The SMILES string of the molecule is COc1ccc(S(=O)(=O)N[C@@H](C)C(=O)OCc2nnc(C)o2)cc1. The normalized spacial score (nSPS) is 12.6. The van der Waals surface area contributed by atoms with Gasteiger partial charge in [0.15, 0.2) is 6.61 Å². The first-order chi connectivity index (χ1) is 11.3. The third-order valence-corrected chi connectivity index (χ3v) is 4.52. The van der Waals surface area contributed by atoms with Gasteiger partial charge in [-0.3, -0.25) is 4.79 Å². The van der Waals surface area contributed by atoms with Gasteiger partial charge < -0.3 is 13.9 Å². The lowest BCUT2D eigenvalue weighted by Crippen LogP contribution is -2.39. The number of nitrogens with zero attached hydrogens (tertiary/aromatic N) is 2. The van der Waals surface area contributed by atoms with Gasteiger partial charge in [-0.25, -0.2) is 8.42 Å². The van der Waals surface area contributed by atoms with Crippen LogP contribution >= 0.6 is 0 Å². The van der Waals surface area contributed by atoms with E-state index in [1.165, 1.54) is 38.3 Å². The molecule has 1 aromatic carbocycles. The van der Waals surface area contributed by atoms with E-state index >= 15 is 0 Å². The summed E-state index contributed by atoms with van der Waals surface area (Å²) in [6, 6.07) is 4.69. The molecule has 0 aliphatic carbocycles. The first-order valence-corrected chi connectivity index (χ1v) is 8.42. The number of hydrogen-bond acceptors (Lipinski definition) is 8. The summed E-state index contributed by atoms with van der Waals surface area (Å²) in [5.74, 6) is 0.236. The number of benzene rings is 1. The molecule has 0 unspecified atom stereocenters. The standard InChI is InChI=1S/C14H17N3O6S/c1-9(14(18)22-8-13-16-15-10(2)23-13)17-24(19,20)12-6-4-11(21-3)5-7-12/h4-7,9,17H,8H2,1-3H3/t9-/m0/s1. The third-order valence-electron chi connectivity index (χ3n) is 2.96. The quantitative estimate of drug-likeness (QED) is 0.724. The third kappa shape index (κ3) is 4.52. The van der Waals surface area contributed by atoms with Gasteiger partial charge in [0.2, 0.25) is 15.9 Å². The summed E-state index contributed by atoms with van der Waals surface area (Å²) in [4.78, 5) is 11.9. The van der Waals surface area contributed by atoms with Crippen LogP contribution < -0.4 is 9.46 Å². The van der Waals surface area contributed by atoms with Crippen LogP contribution in [-0.4, -0.2) is 37.7 Å². The van der Waals surface area contributed by atoms with Crippen molar-refractivity contribution in [3.8, 4) is 5.75 Å². The maximum absolute atomic E-state index is 12.2. The number of methoxy groups -OCH3 is 1. The molecule has 1 atom stereocenters. The van der Waals surface area contributed by atoms with E-state index in [1.54, 1.807) is 6.92 Å². The minimum atomic E-state index is -3.87. The van der Waals surface area contributed by atoms with Gasteiger partial charge in [-0.05, 0) is 31.2 Å². The Hall–Kier alpha value is -2.46. The molecule has 9 nitrogen and oxygen atoms in total. The first kappa shape index (κ1) is 17.9. The number of sulfonamides is 1. The molecule has 0 saturated carbocycles. The summed E-state index contributed by atoms with van der Waals surface area (Å²) in [6.07, 6.45) is 0. The molecule has 0 aliphatic heterocycles. The molecule has 2 aromatic rings. The van der Waals surface area contributed by atoms with E-state index in [-0.39, 0.29) is 17.4 Å². The number of rotatable bonds is 7. The number of carbonyl (C=O) groups excluding carboxylic acids is 1. The number of aryl methyl sites for hydroxylation is 1. The van der Waals surface area contributed by atoms with Crippen LogP contribution in [0.3, 0.4) is 0 Å². The van der Waals surface area contributed by atoms with E-state index in [2.05, 4.69) is 14.9 Å². The zero-order chi connectivity index (χ0) is 17.7. The number of carbonyl (C=O) groups is 1. The molecule has 0 amide bonds. The Morgan fingerprint density at radius 1 is 1.29 bits per heavy atom. The summed E-state index contributed by atoms with van der Waals surface area (Å²) in [5, 5.41) is 7.26. The lowest BCUT2D eigenvalue weighted by atomic mass is 10.3. The topological polar surface area (TPSA) is 121 Å². The summed E-state index contributed by atoms with van der Waals surface area (Å²) in [7, 11) is -2.39. The predicted molar refractivity (Wildman–Crippen MR) is 81.6 cm³/mol. The molecule has 1 heterocycles. The lowest BCUT2D eigenvalue weighted by Gasteiger charge is -2.13. The largest absolute Gasteiger partial charge is 0.497 e. The maximum Gasteiger partial charge on any atom is 0.324 e. The monoisotopic (exact) mass is 355 g/mol. The van der Waals surface area contributed by atoms with Gasteiger partial charge >= 0.3 is 5.97 Å². The van der Waals surface area contributed by atoms with Crippen molar-refractivity contribution in [1.82, 2.24) is 14.9 Å². The highest BCUT2D eigenvalue weighted by atomic mass is 32.2. The predicted octanol–water partition coefficient (Wildman–Crippen LogP) is 0.797. The van der Waals surface area contributed by atoms with Gasteiger partial charge in [-0.1, -0.05) is 0 Å². The maximum atomic E-state index is 12.2. The summed E-state index contributed by atoms with van der Waals surface area (Å²) in [5.41, 5.74) is 0.